The summed E-state index contributed by atoms with van der Waals surface area (Å²) in [5, 5.41) is 3.69. The minimum Gasteiger partial charge on any atom is -0.310 e. The molecule has 1 fully saturated rings. The van der Waals surface area contributed by atoms with E-state index in [1.807, 2.05) is 11.3 Å². The second-order valence-corrected chi connectivity index (χ2v) is 6.97. The van der Waals surface area contributed by atoms with Crippen LogP contribution in [0.2, 0.25) is 0 Å². The number of thiophene rings is 1. The van der Waals surface area contributed by atoms with Crippen molar-refractivity contribution in [3.63, 3.8) is 0 Å². The van der Waals surface area contributed by atoms with E-state index in [0.717, 1.165) is 12.5 Å². The molecule has 1 heterocycles. The SMILES string of the molecule is CCNC(CC1CCCCCC1)c1ccc(C)s1. The van der Waals surface area contributed by atoms with Gasteiger partial charge in [0.2, 0.25) is 0 Å². The van der Waals surface area contributed by atoms with E-state index in [9.17, 15) is 0 Å². The van der Waals surface area contributed by atoms with Gasteiger partial charge in [-0.25, -0.2) is 0 Å². The quantitative estimate of drug-likeness (QED) is 0.733. The molecule has 1 aliphatic rings. The Balaban J connectivity index is 1.96. The lowest BCUT2D eigenvalue weighted by Crippen LogP contribution is -2.22. The summed E-state index contributed by atoms with van der Waals surface area (Å²) in [6.45, 7) is 5.51. The number of aryl methyl sites for hydroxylation is 1. The molecule has 1 aromatic rings. The highest BCUT2D eigenvalue weighted by Gasteiger charge is 2.19. The lowest BCUT2D eigenvalue weighted by atomic mass is 9.92. The first-order valence-electron chi connectivity index (χ1n) is 7.59. The van der Waals surface area contributed by atoms with E-state index >= 15 is 0 Å². The molecule has 18 heavy (non-hydrogen) atoms. The van der Waals surface area contributed by atoms with Crippen LogP contribution in [0.3, 0.4) is 0 Å². The van der Waals surface area contributed by atoms with E-state index in [1.165, 1.54) is 49.8 Å². The van der Waals surface area contributed by atoms with E-state index in [-0.39, 0.29) is 0 Å². The van der Waals surface area contributed by atoms with E-state index in [2.05, 4.69) is 31.3 Å². The molecule has 0 spiro atoms. The van der Waals surface area contributed by atoms with Gasteiger partial charge in [0.25, 0.3) is 0 Å². The summed E-state index contributed by atoms with van der Waals surface area (Å²) in [6.07, 6.45) is 10.1. The summed E-state index contributed by atoms with van der Waals surface area (Å²) >= 11 is 1.97. The smallest absolute Gasteiger partial charge is 0.0417 e. The van der Waals surface area contributed by atoms with Gasteiger partial charge in [0.05, 0.1) is 0 Å². The molecule has 0 saturated heterocycles. The van der Waals surface area contributed by atoms with Gasteiger partial charge in [-0.2, -0.15) is 0 Å². The Bertz CT molecular complexity index is 337. The molecule has 1 nitrogen and oxygen atoms in total. The average molecular weight is 265 g/mol. The van der Waals surface area contributed by atoms with Gasteiger partial charge < -0.3 is 5.32 Å². The molecule has 102 valence electrons. The van der Waals surface area contributed by atoms with Crippen molar-refractivity contribution in [2.24, 2.45) is 5.92 Å². The molecule has 1 saturated carbocycles. The van der Waals surface area contributed by atoms with Crippen molar-refractivity contribution in [2.45, 2.75) is 64.8 Å². The van der Waals surface area contributed by atoms with Crippen molar-refractivity contribution in [1.29, 1.82) is 0 Å². The summed E-state index contributed by atoms with van der Waals surface area (Å²) in [5.41, 5.74) is 0. The number of rotatable bonds is 5. The lowest BCUT2D eigenvalue weighted by molar-refractivity contribution is 0.362. The Hall–Kier alpha value is -0.340. The third kappa shape index (κ3) is 4.10. The molecule has 0 amide bonds. The van der Waals surface area contributed by atoms with Gasteiger partial charge in [-0.3, -0.25) is 0 Å². The fourth-order valence-electron chi connectivity index (χ4n) is 3.12. The van der Waals surface area contributed by atoms with Crippen LogP contribution in [0, 0.1) is 12.8 Å². The van der Waals surface area contributed by atoms with E-state index in [1.54, 1.807) is 4.88 Å². The van der Waals surface area contributed by atoms with Crippen LogP contribution in [-0.4, -0.2) is 6.54 Å². The van der Waals surface area contributed by atoms with Gasteiger partial charge in [-0.05, 0) is 37.9 Å². The first kappa shape index (κ1) is 14.1. The number of hydrogen-bond acceptors (Lipinski definition) is 2. The van der Waals surface area contributed by atoms with Gasteiger partial charge in [-0.1, -0.05) is 45.4 Å². The Morgan fingerprint density at radius 1 is 1.22 bits per heavy atom. The van der Waals surface area contributed by atoms with Crippen LogP contribution < -0.4 is 5.32 Å². The Labute approximate surface area is 116 Å². The van der Waals surface area contributed by atoms with Gasteiger partial charge in [0.15, 0.2) is 0 Å². The van der Waals surface area contributed by atoms with E-state index < -0.39 is 0 Å². The number of hydrogen-bond donors (Lipinski definition) is 1. The van der Waals surface area contributed by atoms with Crippen LogP contribution in [0.1, 0.15) is 67.7 Å². The van der Waals surface area contributed by atoms with Crippen LogP contribution in [-0.2, 0) is 0 Å². The Kier molecular flexibility index (Phi) is 5.71. The first-order valence-corrected chi connectivity index (χ1v) is 8.41. The van der Waals surface area contributed by atoms with Crippen molar-refractivity contribution in [3.8, 4) is 0 Å². The van der Waals surface area contributed by atoms with Crippen molar-refractivity contribution >= 4 is 11.3 Å². The summed E-state index contributed by atoms with van der Waals surface area (Å²) < 4.78 is 0. The summed E-state index contributed by atoms with van der Waals surface area (Å²) in [6, 6.07) is 5.18. The standard InChI is InChI=1S/C16H27NS/c1-3-17-15(16-11-10-13(2)18-16)12-14-8-6-4-5-7-9-14/h10-11,14-15,17H,3-9,12H2,1-2H3. The molecule has 0 aliphatic heterocycles. The van der Waals surface area contributed by atoms with Crippen LogP contribution >= 0.6 is 11.3 Å². The van der Waals surface area contributed by atoms with Crippen LogP contribution in [0.5, 0.6) is 0 Å². The fourth-order valence-corrected chi connectivity index (χ4v) is 4.09. The molecule has 0 radical (unpaired) electrons. The van der Waals surface area contributed by atoms with Crippen LogP contribution in [0.25, 0.3) is 0 Å². The van der Waals surface area contributed by atoms with E-state index in [4.69, 9.17) is 0 Å². The third-order valence-corrected chi connectivity index (χ3v) is 5.21. The maximum Gasteiger partial charge on any atom is 0.0417 e. The molecule has 1 N–H and O–H groups in total. The largest absolute Gasteiger partial charge is 0.310 e. The molecule has 1 aliphatic carbocycles. The molecule has 2 heteroatoms. The van der Waals surface area contributed by atoms with Gasteiger partial charge in [0.1, 0.15) is 0 Å². The molecule has 0 bridgehead atoms. The number of nitrogens with one attached hydrogen (secondary N) is 1. The van der Waals surface area contributed by atoms with Gasteiger partial charge in [0, 0.05) is 15.8 Å². The summed E-state index contributed by atoms with van der Waals surface area (Å²) in [7, 11) is 0. The van der Waals surface area contributed by atoms with Gasteiger partial charge >= 0.3 is 0 Å². The Morgan fingerprint density at radius 2 is 1.94 bits per heavy atom. The second kappa shape index (κ2) is 7.30. The normalized spacial score (nSPS) is 19.7. The molecular formula is C16H27NS. The predicted molar refractivity (Wildman–Crippen MR) is 81.3 cm³/mol. The lowest BCUT2D eigenvalue weighted by Gasteiger charge is -2.22. The molecule has 2 rings (SSSR count). The highest BCUT2D eigenvalue weighted by atomic mass is 32.1. The molecule has 1 unspecified atom stereocenters. The second-order valence-electron chi connectivity index (χ2n) is 5.65. The molecular weight excluding hydrogens is 238 g/mol. The van der Waals surface area contributed by atoms with Crippen molar-refractivity contribution in [1.82, 2.24) is 5.32 Å². The van der Waals surface area contributed by atoms with Crippen molar-refractivity contribution < 1.29 is 0 Å². The first-order chi connectivity index (χ1) is 8.79. The van der Waals surface area contributed by atoms with Crippen molar-refractivity contribution in [3.05, 3.63) is 21.9 Å². The highest BCUT2D eigenvalue weighted by molar-refractivity contribution is 7.12. The highest BCUT2D eigenvalue weighted by Crippen LogP contribution is 2.33. The minimum atomic E-state index is 0.594. The monoisotopic (exact) mass is 265 g/mol. The van der Waals surface area contributed by atoms with Crippen LogP contribution in [0.15, 0.2) is 12.1 Å². The third-order valence-electron chi connectivity index (χ3n) is 4.10. The molecule has 1 atom stereocenters. The zero-order valence-corrected chi connectivity index (χ0v) is 12.7. The van der Waals surface area contributed by atoms with Gasteiger partial charge in [-0.15, -0.1) is 11.3 Å². The van der Waals surface area contributed by atoms with Crippen LogP contribution in [0.4, 0.5) is 0 Å². The van der Waals surface area contributed by atoms with E-state index in [0.29, 0.717) is 6.04 Å². The average Bonchev–Trinajstić information content (AvgIpc) is 2.63. The molecule has 0 aromatic carbocycles. The summed E-state index contributed by atoms with van der Waals surface area (Å²) in [4.78, 5) is 2.98. The van der Waals surface area contributed by atoms with Crippen molar-refractivity contribution in [2.75, 3.05) is 6.54 Å². The zero-order valence-electron chi connectivity index (χ0n) is 11.9. The fraction of sp³-hybridized carbons (Fsp3) is 0.750. The maximum atomic E-state index is 3.69. The molecule has 1 aromatic heterocycles. The summed E-state index contributed by atoms with van der Waals surface area (Å²) in [5.74, 6) is 0.943. The Morgan fingerprint density at radius 3 is 2.50 bits per heavy atom. The predicted octanol–water partition coefficient (Wildman–Crippen LogP) is 5.07. The maximum absolute atomic E-state index is 3.69. The minimum absolute atomic E-state index is 0.594. The zero-order chi connectivity index (χ0) is 12.8. The topological polar surface area (TPSA) is 12.0 Å².